The Morgan fingerprint density at radius 2 is 1.91 bits per heavy atom. The number of alkyl halides is 3. The van der Waals surface area contributed by atoms with Crippen molar-refractivity contribution in [2.24, 2.45) is 0 Å². The number of benzene rings is 1. The second-order valence-electron chi connectivity index (χ2n) is 7.71. The first kappa shape index (κ1) is 23.1. The number of aliphatic hydroxyl groups excluding tert-OH is 1. The van der Waals surface area contributed by atoms with E-state index in [1.165, 1.54) is 24.4 Å². The molecule has 13 heteroatoms. The summed E-state index contributed by atoms with van der Waals surface area (Å²) in [7, 11) is 0. The van der Waals surface area contributed by atoms with Gasteiger partial charge in [0.1, 0.15) is 46.8 Å². The zero-order chi connectivity index (χ0) is 24.3. The molecule has 1 saturated heterocycles. The number of nitrogens with zero attached hydrogens (tertiary/aromatic N) is 4. The molecule has 0 saturated carbocycles. The molecule has 2 N–H and O–H groups in total. The van der Waals surface area contributed by atoms with Gasteiger partial charge in [-0.2, -0.15) is 13.2 Å². The molecule has 34 heavy (non-hydrogen) atoms. The third kappa shape index (κ3) is 3.64. The van der Waals surface area contributed by atoms with Crippen molar-refractivity contribution in [3.63, 3.8) is 0 Å². The van der Waals surface area contributed by atoms with Crippen molar-refractivity contribution in [2.45, 2.75) is 30.2 Å². The number of aliphatic hydroxyl groups is 2. The number of rotatable bonds is 4. The highest BCUT2D eigenvalue weighted by Crippen LogP contribution is 2.47. The molecule has 3 aromatic heterocycles. The monoisotopic (exact) mass is 514 g/mol. The van der Waals surface area contributed by atoms with Crippen LogP contribution < -0.4 is 4.74 Å². The second kappa shape index (κ2) is 8.21. The summed E-state index contributed by atoms with van der Waals surface area (Å²) in [6.45, 7) is -0.718. The summed E-state index contributed by atoms with van der Waals surface area (Å²) >= 11 is 11.9. The van der Waals surface area contributed by atoms with E-state index in [1.54, 1.807) is 18.2 Å². The van der Waals surface area contributed by atoms with E-state index in [0.717, 1.165) is 16.3 Å². The molecule has 1 aliphatic heterocycles. The minimum absolute atomic E-state index is 0.0761. The molecule has 0 radical (unpaired) electrons. The SMILES string of the molecule is O[C@H]1[C@H](n2ccc3c(Cl)ncnc32)O[C@H](COc2ccc3ccc(Cl)nc3c2)[C@]1(O)C(F)(F)F. The van der Waals surface area contributed by atoms with Crippen LogP contribution in [0.25, 0.3) is 21.9 Å². The van der Waals surface area contributed by atoms with Crippen LogP contribution in [0.15, 0.2) is 48.9 Å². The van der Waals surface area contributed by atoms with E-state index in [4.69, 9.17) is 32.7 Å². The van der Waals surface area contributed by atoms with Crippen molar-refractivity contribution < 1.29 is 32.9 Å². The van der Waals surface area contributed by atoms with Gasteiger partial charge in [-0.15, -0.1) is 0 Å². The summed E-state index contributed by atoms with van der Waals surface area (Å²) in [5.41, 5.74) is -3.02. The predicted octanol–water partition coefficient (Wildman–Crippen LogP) is 3.92. The summed E-state index contributed by atoms with van der Waals surface area (Å²) in [6.07, 6.45) is -8.74. The molecule has 1 fully saturated rings. The van der Waals surface area contributed by atoms with Crippen molar-refractivity contribution in [3.05, 3.63) is 59.2 Å². The van der Waals surface area contributed by atoms with Crippen molar-refractivity contribution in [1.82, 2.24) is 19.5 Å². The summed E-state index contributed by atoms with van der Waals surface area (Å²) in [5, 5.41) is 22.7. The first-order valence-corrected chi connectivity index (χ1v) is 10.6. The topological polar surface area (TPSA) is 103 Å². The highest BCUT2D eigenvalue weighted by atomic mass is 35.5. The lowest BCUT2D eigenvalue weighted by atomic mass is 9.91. The average molecular weight is 515 g/mol. The molecule has 178 valence electrons. The predicted molar refractivity (Wildman–Crippen MR) is 116 cm³/mol. The van der Waals surface area contributed by atoms with Gasteiger partial charge in [0.2, 0.25) is 5.60 Å². The molecular formula is C21H15Cl2F3N4O4. The Balaban J connectivity index is 1.46. The van der Waals surface area contributed by atoms with Crippen molar-refractivity contribution >= 4 is 45.1 Å². The van der Waals surface area contributed by atoms with Crippen LogP contribution in [-0.4, -0.2) is 60.3 Å². The van der Waals surface area contributed by atoms with Crippen LogP contribution in [0.2, 0.25) is 10.3 Å². The average Bonchev–Trinajstić information content (AvgIpc) is 3.32. The van der Waals surface area contributed by atoms with Crippen LogP contribution in [-0.2, 0) is 4.74 Å². The maximum Gasteiger partial charge on any atom is 0.422 e. The molecule has 4 heterocycles. The number of fused-ring (bicyclic) bond motifs is 2. The van der Waals surface area contributed by atoms with Crippen LogP contribution >= 0.6 is 23.2 Å². The fourth-order valence-electron chi connectivity index (χ4n) is 3.97. The highest BCUT2D eigenvalue weighted by molar-refractivity contribution is 6.33. The van der Waals surface area contributed by atoms with Gasteiger partial charge in [-0.1, -0.05) is 23.2 Å². The number of ether oxygens (including phenoxy) is 2. The standard InChI is InChI=1S/C21H15Cl2F3N4O4/c22-15-4-2-10-1-3-11(7-13(10)29-15)33-8-14-20(32,21(24,25)26)16(31)19(34-14)30-6-5-12-17(23)27-9-28-18(12)30/h1-7,9,14,16,19,31-32H,8H2/t14-,16+,19-,20-/m1/s1. The third-order valence-electron chi connectivity index (χ3n) is 5.74. The minimum atomic E-state index is -5.23. The normalized spacial score (nSPS) is 25.3. The maximum atomic E-state index is 14.0. The zero-order valence-corrected chi connectivity index (χ0v) is 18.5. The third-order valence-corrected chi connectivity index (χ3v) is 6.25. The summed E-state index contributed by atoms with van der Waals surface area (Å²) < 4.78 is 54.2. The fraction of sp³-hybridized carbons (Fsp3) is 0.286. The van der Waals surface area contributed by atoms with Crippen LogP contribution in [0, 0.1) is 0 Å². The van der Waals surface area contributed by atoms with Crippen LogP contribution in [0.4, 0.5) is 13.2 Å². The lowest BCUT2D eigenvalue weighted by Gasteiger charge is -2.32. The van der Waals surface area contributed by atoms with Gasteiger partial charge < -0.3 is 24.3 Å². The van der Waals surface area contributed by atoms with Crippen LogP contribution in [0.5, 0.6) is 5.75 Å². The molecule has 8 nitrogen and oxygen atoms in total. The van der Waals surface area contributed by atoms with Gasteiger partial charge in [-0.3, -0.25) is 0 Å². The van der Waals surface area contributed by atoms with Crippen molar-refractivity contribution in [2.75, 3.05) is 6.61 Å². The molecule has 0 aliphatic carbocycles. The molecule has 1 aliphatic rings. The Bertz CT molecular complexity index is 1390. The number of pyridine rings is 1. The van der Waals surface area contributed by atoms with Gasteiger partial charge in [0, 0.05) is 17.6 Å². The quantitative estimate of drug-likeness (QED) is 0.314. The summed E-state index contributed by atoms with van der Waals surface area (Å²) in [5.74, 6) is 0.180. The molecular weight excluding hydrogens is 500 g/mol. The van der Waals surface area contributed by atoms with E-state index in [2.05, 4.69) is 15.0 Å². The number of aromatic nitrogens is 4. The first-order chi connectivity index (χ1) is 16.1. The van der Waals surface area contributed by atoms with Gasteiger partial charge >= 0.3 is 6.18 Å². The number of hydrogen-bond donors (Lipinski definition) is 2. The summed E-state index contributed by atoms with van der Waals surface area (Å²) in [6, 6.07) is 9.49. The zero-order valence-electron chi connectivity index (χ0n) is 16.9. The molecule has 0 spiro atoms. The molecule has 4 atom stereocenters. The Kier molecular flexibility index (Phi) is 5.57. The molecule has 0 unspecified atom stereocenters. The Morgan fingerprint density at radius 1 is 1.15 bits per heavy atom. The highest BCUT2D eigenvalue weighted by Gasteiger charge is 2.70. The maximum absolute atomic E-state index is 14.0. The fourth-order valence-corrected chi connectivity index (χ4v) is 4.31. The van der Waals surface area contributed by atoms with Crippen LogP contribution in [0.1, 0.15) is 6.23 Å². The van der Waals surface area contributed by atoms with Gasteiger partial charge in [-0.05, 0) is 30.3 Å². The largest absolute Gasteiger partial charge is 0.491 e. The molecule has 0 bridgehead atoms. The van der Waals surface area contributed by atoms with Crippen molar-refractivity contribution in [3.8, 4) is 5.75 Å². The smallest absolute Gasteiger partial charge is 0.422 e. The Morgan fingerprint density at radius 3 is 2.68 bits per heavy atom. The minimum Gasteiger partial charge on any atom is -0.491 e. The van der Waals surface area contributed by atoms with E-state index >= 15 is 0 Å². The Hall–Kier alpha value is -2.70. The molecule has 0 amide bonds. The van der Waals surface area contributed by atoms with Gasteiger partial charge in [-0.25, -0.2) is 15.0 Å². The van der Waals surface area contributed by atoms with E-state index in [0.29, 0.717) is 10.9 Å². The first-order valence-electron chi connectivity index (χ1n) is 9.88. The lowest BCUT2D eigenvalue weighted by Crippen LogP contribution is -2.60. The molecule has 5 rings (SSSR count). The van der Waals surface area contributed by atoms with Gasteiger partial charge in [0.15, 0.2) is 6.23 Å². The number of halogens is 5. The number of hydrogen-bond acceptors (Lipinski definition) is 7. The van der Waals surface area contributed by atoms with E-state index in [1.807, 2.05) is 0 Å². The lowest BCUT2D eigenvalue weighted by molar-refractivity contribution is -0.295. The van der Waals surface area contributed by atoms with Gasteiger partial charge in [0.25, 0.3) is 0 Å². The van der Waals surface area contributed by atoms with Crippen LogP contribution in [0.3, 0.4) is 0 Å². The van der Waals surface area contributed by atoms with E-state index in [9.17, 15) is 23.4 Å². The molecule has 4 aromatic rings. The summed E-state index contributed by atoms with van der Waals surface area (Å²) in [4.78, 5) is 12.0. The van der Waals surface area contributed by atoms with Crippen molar-refractivity contribution in [1.29, 1.82) is 0 Å². The van der Waals surface area contributed by atoms with E-state index < -0.39 is 36.8 Å². The second-order valence-corrected chi connectivity index (χ2v) is 8.45. The van der Waals surface area contributed by atoms with Gasteiger partial charge in [0.05, 0.1) is 10.9 Å². The molecule has 1 aromatic carbocycles. The Labute approximate surface area is 199 Å². The van der Waals surface area contributed by atoms with E-state index in [-0.39, 0.29) is 21.7 Å².